The first-order valence-corrected chi connectivity index (χ1v) is 8.75. The summed E-state index contributed by atoms with van der Waals surface area (Å²) in [4.78, 5) is 15.2. The molecule has 0 saturated carbocycles. The Morgan fingerprint density at radius 1 is 1.32 bits per heavy atom. The summed E-state index contributed by atoms with van der Waals surface area (Å²) < 4.78 is 0. The van der Waals surface area contributed by atoms with Gasteiger partial charge in [-0.15, -0.1) is 0 Å². The molecule has 0 bridgehead atoms. The van der Waals surface area contributed by atoms with Crippen LogP contribution in [-0.2, 0) is 11.2 Å². The van der Waals surface area contributed by atoms with Gasteiger partial charge in [-0.25, -0.2) is 0 Å². The molecule has 3 rings (SSSR count). The first kappa shape index (κ1) is 15.5. The number of nitrogens with one attached hydrogen (secondary N) is 1. The zero-order valence-corrected chi connectivity index (χ0v) is 13.8. The number of carbonyl (C=O) groups is 1. The summed E-state index contributed by atoms with van der Waals surface area (Å²) in [6.07, 6.45) is 5.84. The molecule has 2 heterocycles. The van der Waals surface area contributed by atoms with E-state index in [-0.39, 0.29) is 17.9 Å². The largest absolute Gasteiger partial charge is 0.353 e. The number of amides is 1. The molecule has 2 aliphatic heterocycles. The smallest absolute Gasteiger partial charge is 0.224 e. The lowest BCUT2D eigenvalue weighted by atomic mass is 9.96. The molecule has 2 saturated heterocycles. The number of rotatable bonds is 4. The highest BCUT2D eigenvalue weighted by atomic mass is 16.2. The fourth-order valence-electron chi connectivity index (χ4n) is 4.23. The van der Waals surface area contributed by atoms with Crippen LogP contribution in [0.1, 0.15) is 45.1 Å². The quantitative estimate of drug-likeness (QED) is 0.927. The van der Waals surface area contributed by atoms with Crippen molar-refractivity contribution in [1.82, 2.24) is 10.2 Å². The molecule has 0 aliphatic carbocycles. The van der Waals surface area contributed by atoms with Crippen LogP contribution in [0.25, 0.3) is 0 Å². The number of hydrogen-bond donors (Lipinski definition) is 1. The van der Waals surface area contributed by atoms with E-state index in [1.54, 1.807) is 0 Å². The van der Waals surface area contributed by atoms with Gasteiger partial charge in [-0.1, -0.05) is 36.8 Å². The van der Waals surface area contributed by atoms with Gasteiger partial charge in [0, 0.05) is 18.1 Å². The molecule has 0 aromatic heterocycles. The molecule has 0 radical (unpaired) electrons. The lowest BCUT2D eigenvalue weighted by Gasteiger charge is -2.32. The van der Waals surface area contributed by atoms with E-state index >= 15 is 0 Å². The van der Waals surface area contributed by atoms with Crippen molar-refractivity contribution in [3.05, 3.63) is 35.9 Å². The Labute approximate surface area is 134 Å². The van der Waals surface area contributed by atoms with Gasteiger partial charge in [0.05, 0.1) is 5.92 Å². The predicted molar refractivity (Wildman–Crippen MR) is 89.7 cm³/mol. The van der Waals surface area contributed by atoms with Crippen molar-refractivity contribution in [3.63, 3.8) is 0 Å². The van der Waals surface area contributed by atoms with Crippen LogP contribution in [-0.4, -0.2) is 35.5 Å². The molecule has 3 nitrogen and oxygen atoms in total. The van der Waals surface area contributed by atoms with Crippen molar-refractivity contribution >= 4 is 5.91 Å². The van der Waals surface area contributed by atoms with Crippen LogP contribution in [0.2, 0.25) is 0 Å². The standard InChI is InChI=1S/C19H28N2O/c1-14(12-16-8-4-3-5-9-16)20-19(22)18-13-17-10-6-7-11-21(17)15(18)2/h3-5,8-9,14-15,17-18H,6-7,10-13H2,1-2H3,(H,20,22)/t14-,15-,17+,18+/m0/s1. The molecule has 0 unspecified atom stereocenters. The molecular weight excluding hydrogens is 272 g/mol. The molecule has 22 heavy (non-hydrogen) atoms. The second-order valence-electron chi connectivity index (χ2n) is 7.07. The minimum absolute atomic E-state index is 0.168. The van der Waals surface area contributed by atoms with Gasteiger partial charge in [-0.2, -0.15) is 0 Å². The molecule has 2 fully saturated rings. The average Bonchev–Trinajstić information content (AvgIpc) is 2.86. The van der Waals surface area contributed by atoms with Gasteiger partial charge in [-0.05, 0) is 51.6 Å². The van der Waals surface area contributed by atoms with Gasteiger partial charge in [-0.3, -0.25) is 9.69 Å². The first-order chi connectivity index (χ1) is 10.6. The van der Waals surface area contributed by atoms with Crippen LogP contribution in [0.4, 0.5) is 0 Å². The van der Waals surface area contributed by atoms with Gasteiger partial charge >= 0.3 is 0 Å². The SMILES string of the molecule is C[C@@H](Cc1ccccc1)NC(=O)[C@@H]1C[C@H]2CCCCN2[C@H]1C. The Kier molecular flexibility index (Phi) is 4.82. The lowest BCUT2D eigenvalue weighted by Crippen LogP contribution is -2.44. The lowest BCUT2D eigenvalue weighted by molar-refractivity contribution is -0.126. The van der Waals surface area contributed by atoms with Gasteiger partial charge in [0.15, 0.2) is 0 Å². The number of nitrogens with zero attached hydrogens (tertiary/aromatic N) is 1. The Hall–Kier alpha value is -1.35. The van der Waals surface area contributed by atoms with Crippen molar-refractivity contribution < 1.29 is 4.79 Å². The van der Waals surface area contributed by atoms with Crippen molar-refractivity contribution in [2.75, 3.05) is 6.54 Å². The molecular formula is C19H28N2O. The third-order valence-electron chi connectivity index (χ3n) is 5.41. The van der Waals surface area contributed by atoms with Gasteiger partial charge < -0.3 is 5.32 Å². The summed E-state index contributed by atoms with van der Waals surface area (Å²) >= 11 is 0. The fraction of sp³-hybridized carbons (Fsp3) is 0.632. The predicted octanol–water partition coefficient (Wildman–Crippen LogP) is 3.00. The van der Waals surface area contributed by atoms with Crippen LogP contribution < -0.4 is 5.32 Å². The number of hydrogen-bond acceptors (Lipinski definition) is 2. The van der Waals surface area contributed by atoms with Crippen molar-refractivity contribution in [2.24, 2.45) is 5.92 Å². The summed E-state index contributed by atoms with van der Waals surface area (Å²) in [7, 11) is 0. The summed E-state index contributed by atoms with van der Waals surface area (Å²) in [6, 6.07) is 11.6. The number of piperidine rings is 1. The highest BCUT2D eigenvalue weighted by molar-refractivity contribution is 5.80. The van der Waals surface area contributed by atoms with Crippen LogP contribution >= 0.6 is 0 Å². The fourth-order valence-corrected chi connectivity index (χ4v) is 4.23. The zero-order valence-electron chi connectivity index (χ0n) is 13.8. The molecule has 120 valence electrons. The van der Waals surface area contributed by atoms with Gasteiger partial charge in [0.25, 0.3) is 0 Å². The highest BCUT2D eigenvalue weighted by Crippen LogP contribution is 2.35. The number of carbonyl (C=O) groups excluding carboxylic acids is 1. The number of benzene rings is 1. The summed E-state index contributed by atoms with van der Waals surface area (Å²) in [5.41, 5.74) is 1.28. The topological polar surface area (TPSA) is 32.3 Å². The molecule has 1 aromatic carbocycles. The second-order valence-corrected chi connectivity index (χ2v) is 7.07. The third-order valence-corrected chi connectivity index (χ3v) is 5.41. The maximum atomic E-state index is 12.7. The molecule has 2 aliphatic rings. The minimum atomic E-state index is 0.168. The van der Waals surface area contributed by atoms with Gasteiger partial charge in [0.2, 0.25) is 5.91 Å². The van der Waals surface area contributed by atoms with E-state index in [1.807, 2.05) is 6.07 Å². The highest BCUT2D eigenvalue weighted by Gasteiger charge is 2.42. The molecule has 0 spiro atoms. The van der Waals surface area contributed by atoms with E-state index in [4.69, 9.17) is 0 Å². The van der Waals surface area contributed by atoms with Gasteiger partial charge in [0.1, 0.15) is 0 Å². The summed E-state index contributed by atoms with van der Waals surface area (Å²) in [5, 5.41) is 3.24. The van der Waals surface area contributed by atoms with E-state index in [9.17, 15) is 4.79 Å². The summed E-state index contributed by atoms with van der Waals surface area (Å²) in [6.45, 7) is 5.52. The monoisotopic (exact) mass is 300 g/mol. The second kappa shape index (κ2) is 6.82. The maximum absolute atomic E-state index is 12.7. The Morgan fingerprint density at radius 2 is 2.09 bits per heavy atom. The van der Waals surface area contributed by atoms with E-state index in [1.165, 1.54) is 31.4 Å². The maximum Gasteiger partial charge on any atom is 0.224 e. The Balaban J connectivity index is 1.55. The van der Waals surface area contributed by atoms with Crippen LogP contribution in [0.15, 0.2) is 30.3 Å². The molecule has 1 amide bonds. The van der Waals surface area contributed by atoms with Crippen LogP contribution in [0, 0.1) is 5.92 Å². The van der Waals surface area contributed by atoms with E-state index < -0.39 is 0 Å². The van der Waals surface area contributed by atoms with E-state index in [0.717, 1.165) is 12.8 Å². The van der Waals surface area contributed by atoms with E-state index in [0.29, 0.717) is 12.1 Å². The summed E-state index contributed by atoms with van der Waals surface area (Å²) in [5.74, 6) is 0.423. The number of fused-ring (bicyclic) bond motifs is 1. The van der Waals surface area contributed by atoms with Crippen molar-refractivity contribution in [1.29, 1.82) is 0 Å². The molecule has 3 heteroatoms. The minimum Gasteiger partial charge on any atom is -0.353 e. The Morgan fingerprint density at radius 3 is 2.82 bits per heavy atom. The molecule has 1 N–H and O–H groups in total. The zero-order chi connectivity index (χ0) is 15.5. The average molecular weight is 300 g/mol. The van der Waals surface area contributed by atoms with E-state index in [2.05, 4.69) is 48.3 Å². The third kappa shape index (κ3) is 3.35. The van der Waals surface area contributed by atoms with Crippen LogP contribution in [0.5, 0.6) is 0 Å². The van der Waals surface area contributed by atoms with Crippen LogP contribution in [0.3, 0.4) is 0 Å². The van der Waals surface area contributed by atoms with Crippen molar-refractivity contribution in [3.8, 4) is 0 Å². The Bertz CT molecular complexity index is 501. The van der Waals surface area contributed by atoms with Crippen molar-refractivity contribution in [2.45, 2.75) is 64.1 Å². The normalized spacial score (nSPS) is 29.8. The first-order valence-electron chi connectivity index (χ1n) is 8.75. The molecule has 1 aromatic rings. The molecule has 4 atom stereocenters.